The molecule has 1 atom stereocenters. The van der Waals surface area contributed by atoms with Crippen LogP contribution in [-0.2, 0) is 6.54 Å². The highest BCUT2D eigenvalue weighted by Crippen LogP contribution is 2.31. The van der Waals surface area contributed by atoms with Gasteiger partial charge in [-0.15, -0.1) is 11.3 Å². The van der Waals surface area contributed by atoms with E-state index < -0.39 is 0 Å². The first-order chi connectivity index (χ1) is 9.02. The molecule has 2 rings (SSSR count). The van der Waals surface area contributed by atoms with Crippen LogP contribution in [0.15, 0.2) is 24.3 Å². The molecule has 0 aliphatic heterocycles. The van der Waals surface area contributed by atoms with Crippen molar-refractivity contribution in [2.45, 2.75) is 26.4 Å². The number of anilines is 1. The van der Waals surface area contributed by atoms with E-state index in [1.165, 1.54) is 5.56 Å². The van der Waals surface area contributed by atoms with Gasteiger partial charge in [0.15, 0.2) is 5.13 Å². The summed E-state index contributed by atoms with van der Waals surface area (Å²) in [6, 6.07) is 8.15. The Morgan fingerprint density at radius 2 is 2.21 bits per heavy atom. The van der Waals surface area contributed by atoms with Gasteiger partial charge in [-0.3, -0.25) is 0 Å². The Balaban J connectivity index is 2.25. The summed E-state index contributed by atoms with van der Waals surface area (Å²) in [5.74, 6) is 0. The first-order valence-corrected chi connectivity index (χ1v) is 7.37. The monoisotopic (exact) mass is 295 g/mol. The first kappa shape index (κ1) is 14.3. The van der Waals surface area contributed by atoms with Gasteiger partial charge >= 0.3 is 0 Å². The minimum atomic E-state index is 0.217. The minimum Gasteiger partial charge on any atom is -0.344 e. The number of thiazole rings is 1. The van der Waals surface area contributed by atoms with Crippen molar-refractivity contribution in [2.24, 2.45) is 5.73 Å². The molecule has 5 heteroatoms. The summed E-state index contributed by atoms with van der Waals surface area (Å²) in [6.45, 7) is 4.69. The minimum absolute atomic E-state index is 0.217. The van der Waals surface area contributed by atoms with Crippen LogP contribution in [0.2, 0.25) is 5.02 Å². The van der Waals surface area contributed by atoms with Crippen LogP contribution in [0.25, 0.3) is 0 Å². The molecule has 0 saturated carbocycles. The Morgan fingerprint density at radius 3 is 2.79 bits per heavy atom. The van der Waals surface area contributed by atoms with E-state index in [0.717, 1.165) is 20.7 Å². The molecule has 1 unspecified atom stereocenters. The van der Waals surface area contributed by atoms with E-state index in [0.29, 0.717) is 6.54 Å². The lowest BCUT2D eigenvalue weighted by atomic mass is 10.1. The zero-order valence-corrected chi connectivity index (χ0v) is 12.9. The third-order valence-corrected chi connectivity index (χ3v) is 4.79. The van der Waals surface area contributed by atoms with Crippen LogP contribution < -0.4 is 10.6 Å². The van der Waals surface area contributed by atoms with E-state index in [2.05, 4.69) is 22.9 Å². The second kappa shape index (κ2) is 5.90. The highest BCUT2D eigenvalue weighted by atomic mass is 35.5. The number of rotatable bonds is 4. The Hall–Kier alpha value is -1.10. The molecule has 0 bridgehead atoms. The van der Waals surface area contributed by atoms with Crippen molar-refractivity contribution >= 4 is 28.1 Å². The molecule has 0 aliphatic carbocycles. The second-order valence-electron chi connectivity index (χ2n) is 4.55. The molecule has 0 saturated heterocycles. The molecular formula is C14H18ClN3S. The van der Waals surface area contributed by atoms with Crippen molar-refractivity contribution in [1.82, 2.24) is 4.98 Å². The summed E-state index contributed by atoms with van der Waals surface area (Å²) < 4.78 is 0. The molecular weight excluding hydrogens is 278 g/mol. The predicted octanol–water partition coefficient (Wildman–Crippen LogP) is 3.76. The normalized spacial score (nSPS) is 12.5. The number of hydrogen-bond acceptors (Lipinski definition) is 4. The van der Waals surface area contributed by atoms with Crippen LogP contribution >= 0.6 is 22.9 Å². The van der Waals surface area contributed by atoms with E-state index in [1.807, 2.05) is 32.2 Å². The van der Waals surface area contributed by atoms with Crippen LogP contribution in [0, 0.1) is 6.92 Å². The number of nitrogens with two attached hydrogens (primary N) is 1. The van der Waals surface area contributed by atoms with Crippen molar-refractivity contribution < 1.29 is 0 Å². The lowest BCUT2D eigenvalue weighted by Crippen LogP contribution is -2.21. The standard InChI is InChI=1S/C14H18ClN3S/c1-9-13(8-16)19-14(17-9)18(3)10(2)11-5-4-6-12(15)7-11/h4-7,10H,8,16H2,1-3H3. The number of benzene rings is 1. The maximum atomic E-state index is 6.04. The molecule has 0 fully saturated rings. The summed E-state index contributed by atoms with van der Waals surface area (Å²) >= 11 is 7.69. The Morgan fingerprint density at radius 1 is 1.47 bits per heavy atom. The predicted molar refractivity (Wildman–Crippen MR) is 83.0 cm³/mol. The molecule has 102 valence electrons. The van der Waals surface area contributed by atoms with Gasteiger partial charge in [0.25, 0.3) is 0 Å². The van der Waals surface area contributed by atoms with Gasteiger partial charge in [-0.05, 0) is 31.5 Å². The molecule has 0 amide bonds. The third kappa shape index (κ3) is 3.08. The van der Waals surface area contributed by atoms with Gasteiger partial charge in [-0.2, -0.15) is 0 Å². The fraction of sp³-hybridized carbons (Fsp3) is 0.357. The van der Waals surface area contributed by atoms with Gasteiger partial charge in [0.05, 0.1) is 11.7 Å². The van der Waals surface area contributed by atoms with Crippen molar-refractivity contribution in [3.8, 4) is 0 Å². The smallest absolute Gasteiger partial charge is 0.186 e. The fourth-order valence-corrected chi connectivity index (χ4v) is 3.09. The quantitative estimate of drug-likeness (QED) is 0.934. The van der Waals surface area contributed by atoms with Gasteiger partial charge in [0.2, 0.25) is 0 Å². The van der Waals surface area contributed by atoms with Crippen molar-refractivity contribution in [2.75, 3.05) is 11.9 Å². The number of nitrogens with zero attached hydrogens (tertiary/aromatic N) is 2. The van der Waals surface area contributed by atoms with Crippen molar-refractivity contribution in [3.05, 3.63) is 45.4 Å². The number of aromatic nitrogens is 1. The maximum Gasteiger partial charge on any atom is 0.186 e. The van der Waals surface area contributed by atoms with Gasteiger partial charge in [-0.25, -0.2) is 4.98 Å². The molecule has 2 N–H and O–H groups in total. The molecule has 1 heterocycles. The average molecular weight is 296 g/mol. The summed E-state index contributed by atoms with van der Waals surface area (Å²) in [5.41, 5.74) is 7.90. The third-order valence-electron chi connectivity index (χ3n) is 3.28. The van der Waals surface area contributed by atoms with E-state index in [9.17, 15) is 0 Å². The van der Waals surface area contributed by atoms with Crippen molar-refractivity contribution in [3.63, 3.8) is 0 Å². The van der Waals surface area contributed by atoms with Crippen LogP contribution in [0.5, 0.6) is 0 Å². The number of hydrogen-bond donors (Lipinski definition) is 1. The largest absolute Gasteiger partial charge is 0.344 e. The average Bonchev–Trinajstić information content (AvgIpc) is 2.78. The Kier molecular flexibility index (Phi) is 4.45. The van der Waals surface area contributed by atoms with Crippen LogP contribution in [0.1, 0.15) is 29.1 Å². The summed E-state index contributed by atoms with van der Waals surface area (Å²) in [7, 11) is 2.05. The summed E-state index contributed by atoms with van der Waals surface area (Å²) in [5, 5.41) is 1.75. The second-order valence-corrected chi connectivity index (χ2v) is 6.05. The lowest BCUT2D eigenvalue weighted by molar-refractivity contribution is 0.736. The molecule has 19 heavy (non-hydrogen) atoms. The Bertz CT molecular complexity index is 568. The highest BCUT2D eigenvalue weighted by molar-refractivity contribution is 7.15. The SMILES string of the molecule is Cc1nc(N(C)C(C)c2cccc(Cl)c2)sc1CN. The molecule has 3 nitrogen and oxygen atoms in total. The molecule has 0 aliphatic rings. The van der Waals surface area contributed by atoms with Crippen LogP contribution in [-0.4, -0.2) is 12.0 Å². The van der Waals surface area contributed by atoms with E-state index in [-0.39, 0.29) is 6.04 Å². The summed E-state index contributed by atoms with van der Waals surface area (Å²) in [4.78, 5) is 7.88. The Labute approximate surface area is 123 Å². The molecule has 2 aromatic rings. The molecule has 1 aromatic carbocycles. The van der Waals surface area contributed by atoms with Gasteiger partial charge in [-0.1, -0.05) is 23.7 Å². The zero-order chi connectivity index (χ0) is 14.0. The van der Waals surface area contributed by atoms with E-state index in [1.54, 1.807) is 11.3 Å². The van der Waals surface area contributed by atoms with E-state index >= 15 is 0 Å². The zero-order valence-electron chi connectivity index (χ0n) is 11.4. The van der Waals surface area contributed by atoms with Crippen LogP contribution in [0.4, 0.5) is 5.13 Å². The van der Waals surface area contributed by atoms with Gasteiger partial charge < -0.3 is 10.6 Å². The molecule has 0 radical (unpaired) electrons. The first-order valence-electron chi connectivity index (χ1n) is 6.17. The molecule has 0 spiro atoms. The van der Waals surface area contributed by atoms with Gasteiger partial charge in [0, 0.05) is 23.5 Å². The highest BCUT2D eigenvalue weighted by Gasteiger charge is 2.17. The summed E-state index contributed by atoms with van der Waals surface area (Å²) in [6.07, 6.45) is 0. The van der Waals surface area contributed by atoms with Gasteiger partial charge in [0.1, 0.15) is 0 Å². The van der Waals surface area contributed by atoms with Crippen molar-refractivity contribution in [1.29, 1.82) is 0 Å². The lowest BCUT2D eigenvalue weighted by Gasteiger charge is -2.24. The number of halogens is 1. The van der Waals surface area contributed by atoms with E-state index in [4.69, 9.17) is 17.3 Å². The molecule has 1 aromatic heterocycles. The maximum absolute atomic E-state index is 6.04. The number of aryl methyl sites for hydroxylation is 1. The fourth-order valence-electron chi connectivity index (χ4n) is 1.91. The topological polar surface area (TPSA) is 42.2 Å². The van der Waals surface area contributed by atoms with Crippen LogP contribution in [0.3, 0.4) is 0 Å².